The second-order valence-electron chi connectivity index (χ2n) is 3.83. The average molecular weight is 188 g/mol. The van der Waals surface area contributed by atoms with Crippen molar-refractivity contribution in [2.75, 3.05) is 20.3 Å². The van der Waals surface area contributed by atoms with E-state index in [4.69, 9.17) is 10.5 Å². The zero-order valence-electron chi connectivity index (χ0n) is 8.72. The van der Waals surface area contributed by atoms with Gasteiger partial charge in [-0.3, -0.25) is 4.79 Å². The Morgan fingerprint density at radius 1 is 1.54 bits per heavy atom. The molecule has 0 radical (unpaired) electrons. The van der Waals surface area contributed by atoms with E-state index >= 15 is 0 Å². The number of carbonyl (C=O) groups excluding carboxylic acids is 1. The van der Waals surface area contributed by atoms with E-state index in [9.17, 15) is 4.79 Å². The highest BCUT2D eigenvalue weighted by atomic mass is 16.5. The first kappa shape index (κ1) is 12.4. The van der Waals surface area contributed by atoms with Gasteiger partial charge < -0.3 is 15.8 Å². The van der Waals surface area contributed by atoms with Crippen LogP contribution in [-0.4, -0.2) is 31.7 Å². The monoisotopic (exact) mass is 188 g/mol. The summed E-state index contributed by atoms with van der Waals surface area (Å²) >= 11 is 0. The third kappa shape index (κ3) is 9.30. The molecule has 3 N–H and O–H groups in total. The van der Waals surface area contributed by atoms with Gasteiger partial charge in [0.05, 0.1) is 6.61 Å². The number of methoxy groups -OCH3 is 1. The molecule has 0 aliphatic carbocycles. The summed E-state index contributed by atoms with van der Waals surface area (Å²) in [4.78, 5) is 11.1. The summed E-state index contributed by atoms with van der Waals surface area (Å²) in [7, 11) is 1.61. The molecule has 0 saturated carbocycles. The van der Waals surface area contributed by atoms with Crippen LogP contribution in [0.3, 0.4) is 0 Å². The van der Waals surface area contributed by atoms with E-state index in [1.54, 1.807) is 7.11 Å². The van der Waals surface area contributed by atoms with Crippen LogP contribution >= 0.6 is 0 Å². The molecule has 0 aromatic rings. The van der Waals surface area contributed by atoms with Crippen LogP contribution in [-0.2, 0) is 9.53 Å². The summed E-state index contributed by atoms with van der Waals surface area (Å²) in [5.74, 6) is 0.0376. The summed E-state index contributed by atoms with van der Waals surface area (Å²) in [6, 6.07) is 0. The van der Waals surface area contributed by atoms with Gasteiger partial charge in [0.1, 0.15) is 0 Å². The molecule has 0 atom stereocenters. The molecule has 4 heteroatoms. The number of amides is 1. The number of hydrogen-bond acceptors (Lipinski definition) is 3. The lowest BCUT2D eigenvalue weighted by molar-refractivity contribution is -0.121. The van der Waals surface area contributed by atoms with Crippen LogP contribution in [0.5, 0.6) is 0 Å². The van der Waals surface area contributed by atoms with Gasteiger partial charge in [-0.15, -0.1) is 0 Å². The van der Waals surface area contributed by atoms with Crippen LogP contribution in [0.2, 0.25) is 0 Å². The van der Waals surface area contributed by atoms with Crippen LogP contribution < -0.4 is 11.1 Å². The van der Waals surface area contributed by atoms with E-state index in [0.29, 0.717) is 26.0 Å². The summed E-state index contributed by atoms with van der Waals surface area (Å²) < 4.78 is 4.80. The maximum atomic E-state index is 11.1. The molecular weight excluding hydrogens is 168 g/mol. The molecular formula is C9H20N2O2. The lowest BCUT2D eigenvalue weighted by atomic mass is 10.00. The first-order valence-corrected chi connectivity index (χ1v) is 4.50. The molecule has 0 aromatic carbocycles. The van der Waals surface area contributed by atoms with Crippen LogP contribution in [0.4, 0.5) is 0 Å². The van der Waals surface area contributed by atoms with Gasteiger partial charge in [0.15, 0.2) is 0 Å². The van der Waals surface area contributed by atoms with E-state index in [0.717, 1.165) is 0 Å². The fourth-order valence-corrected chi connectivity index (χ4v) is 0.817. The first-order chi connectivity index (χ1) is 5.95. The molecule has 0 fully saturated rings. The van der Waals surface area contributed by atoms with Gasteiger partial charge >= 0.3 is 0 Å². The molecule has 0 saturated heterocycles. The number of rotatable bonds is 6. The van der Waals surface area contributed by atoms with Crippen molar-refractivity contribution >= 4 is 5.91 Å². The SMILES string of the molecule is COCCNC(=O)CCC(C)(C)N. The number of nitrogens with two attached hydrogens (primary N) is 1. The van der Waals surface area contributed by atoms with Crippen molar-refractivity contribution in [1.29, 1.82) is 0 Å². The Morgan fingerprint density at radius 2 is 2.15 bits per heavy atom. The third-order valence-electron chi connectivity index (χ3n) is 1.62. The van der Waals surface area contributed by atoms with Crippen molar-refractivity contribution in [3.05, 3.63) is 0 Å². The molecule has 0 spiro atoms. The highest BCUT2D eigenvalue weighted by Crippen LogP contribution is 2.06. The van der Waals surface area contributed by atoms with E-state index in [1.807, 2.05) is 13.8 Å². The van der Waals surface area contributed by atoms with E-state index in [-0.39, 0.29) is 11.4 Å². The molecule has 0 unspecified atom stereocenters. The molecule has 13 heavy (non-hydrogen) atoms. The fourth-order valence-electron chi connectivity index (χ4n) is 0.817. The molecule has 0 aromatic heterocycles. The number of carbonyl (C=O) groups is 1. The Bertz CT molecular complexity index is 152. The third-order valence-corrected chi connectivity index (χ3v) is 1.62. The predicted octanol–water partition coefficient (Wildman–Crippen LogP) is 0.267. The number of nitrogens with one attached hydrogen (secondary N) is 1. The summed E-state index contributed by atoms with van der Waals surface area (Å²) in [5, 5.41) is 2.74. The largest absolute Gasteiger partial charge is 0.383 e. The standard InChI is InChI=1S/C9H20N2O2/c1-9(2,10)5-4-8(12)11-6-7-13-3/h4-7,10H2,1-3H3,(H,11,12). The number of ether oxygens (including phenoxy) is 1. The maximum absolute atomic E-state index is 11.1. The summed E-state index contributed by atoms with van der Waals surface area (Å²) in [6.45, 7) is 4.95. The first-order valence-electron chi connectivity index (χ1n) is 4.50. The topological polar surface area (TPSA) is 64.3 Å². The molecule has 0 rings (SSSR count). The highest BCUT2D eigenvalue weighted by molar-refractivity contribution is 5.75. The highest BCUT2D eigenvalue weighted by Gasteiger charge is 2.12. The molecule has 0 heterocycles. The van der Waals surface area contributed by atoms with Gasteiger partial charge in [0.25, 0.3) is 0 Å². The van der Waals surface area contributed by atoms with Gasteiger partial charge in [0.2, 0.25) is 5.91 Å². The lowest BCUT2D eigenvalue weighted by Gasteiger charge is -2.17. The van der Waals surface area contributed by atoms with Crippen LogP contribution in [0.1, 0.15) is 26.7 Å². The Kier molecular flexibility index (Phi) is 5.66. The maximum Gasteiger partial charge on any atom is 0.220 e. The minimum atomic E-state index is -0.265. The van der Waals surface area contributed by atoms with Gasteiger partial charge in [-0.25, -0.2) is 0 Å². The molecule has 0 aliphatic rings. The second-order valence-corrected chi connectivity index (χ2v) is 3.83. The van der Waals surface area contributed by atoms with Crippen molar-refractivity contribution < 1.29 is 9.53 Å². The summed E-state index contributed by atoms with van der Waals surface area (Å²) in [5.41, 5.74) is 5.47. The van der Waals surface area contributed by atoms with Crippen LogP contribution in [0, 0.1) is 0 Å². The summed E-state index contributed by atoms with van der Waals surface area (Å²) in [6.07, 6.45) is 1.18. The van der Waals surface area contributed by atoms with Gasteiger partial charge in [-0.2, -0.15) is 0 Å². The zero-order valence-corrected chi connectivity index (χ0v) is 8.72. The van der Waals surface area contributed by atoms with Crippen molar-refractivity contribution in [2.45, 2.75) is 32.2 Å². The quantitative estimate of drug-likeness (QED) is 0.588. The molecule has 78 valence electrons. The Balaban J connectivity index is 3.41. The Morgan fingerprint density at radius 3 is 2.62 bits per heavy atom. The smallest absolute Gasteiger partial charge is 0.220 e. The average Bonchev–Trinajstić information content (AvgIpc) is 2.00. The van der Waals surface area contributed by atoms with Crippen LogP contribution in [0.15, 0.2) is 0 Å². The molecule has 0 aliphatic heterocycles. The molecule has 0 bridgehead atoms. The van der Waals surface area contributed by atoms with Crippen molar-refractivity contribution in [1.82, 2.24) is 5.32 Å². The predicted molar refractivity (Wildman–Crippen MR) is 52.4 cm³/mol. The van der Waals surface area contributed by atoms with Gasteiger partial charge in [-0.1, -0.05) is 0 Å². The van der Waals surface area contributed by atoms with Gasteiger partial charge in [0, 0.05) is 25.6 Å². The number of hydrogen-bond donors (Lipinski definition) is 2. The van der Waals surface area contributed by atoms with Crippen molar-refractivity contribution in [3.8, 4) is 0 Å². The Labute approximate surface area is 79.8 Å². The Hall–Kier alpha value is -0.610. The van der Waals surface area contributed by atoms with Crippen molar-refractivity contribution in [2.24, 2.45) is 5.73 Å². The molecule has 1 amide bonds. The van der Waals surface area contributed by atoms with E-state index in [2.05, 4.69) is 5.32 Å². The molecule has 4 nitrogen and oxygen atoms in total. The fraction of sp³-hybridized carbons (Fsp3) is 0.889. The normalized spacial score (nSPS) is 11.4. The second kappa shape index (κ2) is 5.94. The minimum absolute atomic E-state index is 0.0376. The van der Waals surface area contributed by atoms with Crippen LogP contribution in [0.25, 0.3) is 0 Å². The van der Waals surface area contributed by atoms with E-state index < -0.39 is 0 Å². The lowest BCUT2D eigenvalue weighted by Crippen LogP contribution is -2.35. The van der Waals surface area contributed by atoms with E-state index in [1.165, 1.54) is 0 Å². The van der Waals surface area contributed by atoms with Crippen molar-refractivity contribution in [3.63, 3.8) is 0 Å². The van der Waals surface area contributed by atoms with Gasteiger partial charge in [-0.05, 0) is 20.3 Å². The zero-order chi connectivity index (χ0) is 10.3. The minimum Gasteiger partial charge on any atom is -0.383 e.